The van der Waals surface area contributed by atoms with Crippen molar-refractivity contribution in [1.82, 2.24) is 9.55 Å². The molecule has 166 valence electrons. The molecule has 0 saturated carbocycles. The van der Waals surface area contributed by atoms with Crippen LogP contribution in [0, 0.1) is 17.2 Å². The summed E-state index contributed by atoms with van der Waals surface area (Å²) in [6.45, 7) is 3.66. The van der Waals surface area contributed by atoms with E-state index in [9.17, 15) is 25.1 Å². The van der Waals surface area contributed by atoms with Gasteiger partial charge in [0.25, 0.3) is 0 Å². The zero-order valence-corrected chi connectivity index (χ0v) is 17.4. The first kappa shape index (κ1) is 23.8. The molecule has 0 spiro atoms. The van der Waals surface area contributed by atoms with Gasteiger partial charge in [-0.3, -0.25) is 9.88 Å². The maximum Gasteiger partial charge on any atom is 0.413 e. The summed E-state index contributed by atoms with van der Waals surface area (Å²) < 4.78 is 12.0. The first-order chi connectivity index (χ1) is 14.4. The number of anilines is 1. The Bertz CT molecular complexity index is 784. The van der Waals surface area contributed by atoms with Gasteiger partial charge in [-0.25, -0.2) is 9.59 Å². The summed E-state index contributed by atoms with van der Waals surface area (Å²) in [6.07, 6.45) is 2.65. The van der Waals surface area contributed by atoms with Crippen molar-refractivity contribution in [1.29, 1.82) is 5.26 Å². The minimum atomic E-state index is -1.23. The normalized spacial score (nSPS) is 23.3. The minimum Gasteiger partial charge on any atom is -0.446 e. The lowest BCUT2D eigenvalue weighted by Crippen LogP contribution is -2.32. The fourth-order valence-electron chi connectivity index (χ4n) is 3.36. The third-order valence-electron chi connectivity index (χ3n) is 5.07. The molecular formula is C20H30N4O6. The second kappa shape index (κ2) is 11.6. The molecule has 1 aliphatic rings. The van der Waals surface area contributed by atoms with E-state index in [0.29, 0.717) is 0 Å². The van der Waals surface area contributed by atoms with Crippen LogP contribution in [-0.4, -0.2) is 50.8 Å². The number of aliphatic hydroxyl groups is 2. The fourth-order valence-corrected chi connectivity index (χ4v) is 3.36. The smallest absolute Gasteiger partial charge is 0.413 e. The van der Waals surface area contributed by atoms with E-state index in [1.54, 1.807) is 0 Å². The van der Waals surface area contributed by atoms with Gasteiger partial charge in [0.05, 0.1) is 12.7 Å². The summed E-state index contributed by atoms with van der Waals surface area (Å²) >= 11 is 0. The molecular weight excluding hydrogens is 392 g/mol. The number of aliphatic hydroxyl groups excluding tert-OH is 2. The van der Waals surface area contributed by atoms with Gasteiger partial charge >= 0.3 is 11.8 Å². The summed E-state index contributed by atoms with van der Waals surface area (Å²) in [5.41, 5.74) is -0.766. The quantitative estimate of drug-likeness (QED) is 0.518. The third-order valence-corrected chi connectivity index (χ3v) is 5.07. The van der Waals surface area contributed by atoms with E-state index in [1.165, 1.54) is 12.3 Å². The SMILES string of the molecule is CCCCC(CCCC)OC(=O)Nc1ccn([C@@H]2O[C@H](CO)[C@@H](O)[C@@H]2C#N)c(=O)n1. The molecule has 30 heavy (non-hydrogen) atoms. The van der Waals surface area contributed by atoms with Gasteiger partial charge in [-0.15, -0.1) is 0 Å². The molecule has 2 heterocycles. The van der Waals surface area contributed by atoms with Gasteiger partial charge in [-0.1, -0.05) is 39.5 Å². The number of carbonyl (C=O) groups excluding carboxylic acids is 1. The summed E-state index contributed by atoms with van der Waals surface area (Å²) in [6, 6.07) is 3.27. The van der Waals surface area contributed by atoms with Crippen LogP contribution in [0.1, 0.15) is 58.6 Å². The Morgan fingerprint density at radius 3 is 2.60 bits per heavy atom. The van der Waals surface area contributed by atoms with Crippen LogP contribution in [0.15, 0.2) is 17.1 Å². The van der Waals surface area contributed by atoms with Crippen LogP contribution >= 0.6 is 0 Å². The van der Waals surface area contributed by atoms with Crippen molar-refractivity contribution in [3.05, 3.63) is 22.7 Å². The number of rotatable bonds is 10. The van der Waals surface area contributed by atoms with Gasteiger partial charge in [0.1, 0.15) is 30.0 Å². The van der Waals surface area contributed by atoms with E-state index in [0.717, 1.165) is 43.1 Å². The second-order valence-corrected chi connectivity index (χ2v) is 7.33. The minimum absolute atomic E-state index is 0.0109. The van der Waals surface area contributed by atoms with Crippen molar-refractivity contribution in [3.63, 3.8) is 0 Å². The highest BCUT2D eigenvalue weighted by atomic mass is 16.6. The highest BCUT2D eigenvalue weighted by Gasteiger charge is 2.45. The lowest BCUT2D eigenvalue weighted by Gasteiger charge is -2.18. The lowest BCUT2D eigenvalue weighted by molar-refractivity contribution is -0.0469. The molecule has 1 aromatic rings. The maximum atomic E-state index is 12.4. The van der Waals surface area contributed by atoms with Crippen LogP contribution < -0.4 is 11.0 Å². The maximum absolute atomic E-state index is 12.4. The number of hydrogen-bond donors (Lipinski definition) is 3. The van der Waals surface area contributed by atoms with E-state index >= 15 is 0 Å². The van der Waals surface area contributed by atoms with Crippen LogP contribution in [0.25, 0.3) is 0 Å². The molecule has 1 fully saturated rings. The molecule has 0 bridgehead atoms. The number of nitrogens with one attached hydrogen (secondary N) is 1. The number of carbonyl (C=O) groups is 1. The molecule has 3 N–H and O–H groups in total. The molecule has 0 aromatic carbocycles. The van der Waals surface area contributed by atoms with Crippen LogP contribution in [-0.2, 0) is 9.47 Å². The molecule has 0 unspecified atom stereocenters. The van der Waals surface area contributed by atoms with Crippen molar-refractivity contribution in [3.8, 4) is 6.07 Å². The van der Waals surface area contributed by atoms with Gasteiger partial charge in [-0.2, -0.15) is 10.2 Å². The van der Waals surface area contributed by atoms with Crippen molar-refractivity contribution in [2.45, 2.75) is 76.9 Å². The average Bonchev–Trinajstić information content (AvgIpc) is 3.05. The van der Waals surface area contributed by atoms with E-state index in [-0.39, 0.29) is 11.9 Å². The molecule has 1 aromatic heterocycles. The Balaban J connectivity index is 2.05. The van der Waals surface area contributed by atoms with Crippen LogP contribution in [0.3, 0.4) is 0 Å². The molecule has 10 heteroatoms. The van der Waals surface area contributed by atoms with Crippen molar-refractivity contribution < 1.29 is 24.5 Å². The summed E-state index contributed by atoms with van der Waals surface area (Å²) in [5, 5.41) is 31.0. The van der Waals surface area contributed by atoms with Gasteiger partial charge < -0.3 is 19.7 Å². The zero-order valence-electron chi connectivity index (χ0n) is 17.4. The van der Waals surface area contributed by atoms with Crippen LogP contribution in [0.4, 0.5) is 10.6 Å². The van der Waals surface area contributed by atoms with Crippen molar-refractivity contribution >= 4 is 11.9 Å². The number of unbranched alkanes of at least 4 members (excludes halogenated alkanes) is 2. The Labute approximate surface area is 175 Å². The number of aromatic nitrogens is 2. The number of amides is 1. The molecule has 1 saturated heterocycles. The molecule has 1 aliphatic heterocycles. The predicted octanol–water partition coefficient (Wildman–Crippen LogP) is 1.93. The lowest BCUT2D eigenvalue weighted by atomic mass is 10.0. The standard InChI is InChI=1S/C20H30N4O6/c1-3-5-7-13(8-6-4-2)29-20(28)23-16-9-10-24(19(27)22-16)18-14(11-21)17(26)15(12-25)30-18/h9-10,13-15,17-18,25-26H,3-8,12H2,1-2H3,(H,22,23,27,28)/t14-,15+,17-,18+/m0/s1. The van der Waals surface area contributed by atoms with Gasteiger partial charge in [0.15, 0.2) is 6.23 Å². The highest BCUT2D eigenvalue weighted by molar-refractivity contribution is 5.83. The van der Waals surface area contributed by atoms with Gasteiger partial charge in [-0.05, 0) is 18.9 Å². The molecule has 0 aliphatic carbocycles. The number of nitriles is 1. The van der Waals surface area contributed by atoms with Crippen LogP contribution in [0.2, 0.25) is 0 Å². The average molecular weight is 422 g/mol. The molecule has 1 amide bonds. The number of nitrogens with zero attached hydrogens (tertiary/aromatic N) is 3. The predicted molar refractivity (Wildman–Crippen MR) is 108 cm³/mol. The zero-order chi connectivity index (χ0) is 22.1. The van der Waals surface area contributed by atoms with Crippen LogP contribution in [0.5, 0.6) is 0 Å². The molecule has 0 radical (unpaired) electrons. The molecule has 10 nitrogen and oxygen atoms in total. The van der Waals surface area contributed by atoms with Crippen molar-refractivity contribution in [2.75, 3.05) is 11.9 Å². The van der Waals surface area contributed by atoms with E-state index in [2.05, 4.69) is 24.1 Å². The highest BCUT2D eigenvalue weighted by Crippen LogP contribution is 2.33. The first-order valence-electron chi connectivity index (χ1n) is 10.4. The van der Waals surface area contributed by atoms with Crippen molar-refractivity contribution in [2.24, 2.45) is 5.92 Å². The first-order valence-corrected chi connectivity index (χ1v) is 10.4. The third kappa shape index (κ3) is 6.01. The Morgan fingerprint density at radius 2 is 2.07 bits per heavy atom. The Morgan fingerprint density at radius 1 is 1.40 bits per heavy atom. The monoisotopic (exact) mass is 422 g/mol. The van der Waals surface area contributed by atoms with Gasteiger partial charge in [0.2, 0.25) is 0 Å². The Hall–Kier alpha value is -2.48. The second-order valence-electron chi connectivity index (χ2n) is 7.33. The fraction of sp³-hybridized carbons (Fsp3) is 0.700. The summed E-state index contributed by atoms with van der Waals surface area (Å²) in [5.74, 6) is -1.03. The largest absolute Gasteiger partial charge is 0.446 e. The van der Waals surface area contributed by atoms with E-state index in [1.807, 2.05) is 6.07 Å². The summed E-state index contributed by atoms with van der Waals surface area (Å²) in [7, 11) is 0. The van der Waals surface area contributed by atoms with Gasteiger partial charge in [0, 0.05) is 6.20 Å². The summed E-state index contributed by atoms with van der Waals surface area (Å²) in [4.78, 5) is 28.4. The molecule has 2 rings (SSSR count). The number of ether oxygens (including phenoxy) is 2. The number of hydrogen-bond acceptors (Lipinski definition) is 8. The van der Waals surface area contributed by atoms with E-state index < -0.39 is 42.7 Å². The topological polar surface area (TPSA) is 147 Å². The Kier molecular flexibility index (Phi) is 9.23. The molecule has 4 atom stereocenters. The van der Waals surface area contributed by atoms with E-state index in [4.69, 9.17) is 9.47 Å².